The summed E-state index contributed by atoms with van der Waals surface area (Å²) in [7, 11) is 0. The Kier molecular flexibility index (Phi) is 8.50. The normalized spacial score (nSPS) is 11.7. The Bertz CT molecular complexity index is 3990. The van der Waals surface area contributed by atoms with Crippen molar-refractivity contribution >= 4 is 64.9 Å². The van der Waals surface area contributed by atoms with Crippen LogP contribution in [0, 0.1) is 0 Å². The van der Waals surface area contributed by atoms with Crippen LogP contribution in [0.5, 0.6) is 0 Å². The van der Waals surface area contributed by atoms with Crippen molar-refractivity contribution in [2.75, 3.05) is 0 Å². The van der Waals surface area contributed by atoms with Crippen LogP contribution >= 0.6 is 0 Å². The highest BCUT2D eigenvalue weighted by Gasteiger charge is 2.24. The molecular weight excluding hydrogens is 789 g/mol. The molecule has 0 spiro atoms. The molecule has 2 aromatic heterocycles. The molecule has 0 amide bonds. The summed E-state index contributed by atoms with van der Waals surface area (Å²) in [5.74, 6) is 1.85. The van der Waals surface area contributed by atoms with Crippen molar-refractivity contribution in [2.24, 2.45) is 0 Å². The van der Waals surface area contributed by atoms with Crippen LogP contribution in [-0.2, 0) is 0 Å². The minimum atomic E-state index is 0.604. The van der Waals surface area contributed by atoms with Crippen LogP contribution in [0.15, 0.2) is 231 Å². The molecule has 4 heteroatoms. The smallest absolute Gasteiger partial charge is 0.164 e. The van der Waals surface area contributed by atoms with E-state index in [1.165, 1.54) is 32.3 Å². The summed E-state index contributed by atoms with van der Waals surface area (Å²) in [6, 6.07) is 82.6. The molecule has 65 heavy (non-hydrogen) atoms. The van der Waals surface area contributed by atoms with Gasteiger partial charge in [-0.25, -0.2) is 15.0 Å². The second-order valence-corrected chi connectivity index (χ2v) is 16.7. The predicted octanol–water partition coefficient (Wildman–Crippen LogP) is 15.9. The van der Waals surface area contributed by atoms with Crippen molar-refractivity contribution in [1.29, 1.82) is 0 Å². The van der Waals surface area contributed by atoms with Gasteiger partial charge in [0.05, 0.1) is 16.7 Å². The molecule has 0 bridgehead atoms. The second kappa shape index (κ2) is 15.0. The summed E-state index contributed by atoms with van der Waals surface area (Å²) >= 11 is 0. The number of benzene rings is 11. The second-order valence-electron chi connectivity index (χ2n) is 16.7. The highest BCUT2D eigenvalue weighted by molar-refractivity contribution is 6.23. The van der Waals surface area contributed by atoms with Crippen LogP contribution in [0.2, 0.25) is 0 Å². The first-order valence-electron chi connectivity index (χ1n) is 22.1. The molecule has 0 fully saturated rings. The molecule has 0 aliphatic heterocycles. The summed E-state index contributed by atoms with van der Waals surface area (Å²) in [6.45, 7) is 0. The highest BCUT2D eigenvalue weighted by Crippen LogP contribution is 2.46. The molecule has 11 aromatic carbocycles. The number of rotatable bonds is 6. The van der Waals surface area contributed by atoms with Gasteiger partial charge in [0.15, 0.2) is 17.5 Å². The zero-order chi connectivity index (χ0) is 42.8. The topological polar surface area (TPSA) is 43.6 Å². The fourth-order valence-electron chi connectivity index (χ4n) is 9.98. The maximum Gasteiger partial charge on any atom is 0.164 e. The van der Waals surface area contributed by atoms with Gasteiger partial charge in [-0.15, -0.1) is 0 Å². The molecule has 0 atom stereocenters. The summed E-state index contributed by atoms with van der Waals surface area (Å²) in [6.07, 6.45) is 0. The predicted molar refractivity (Wildman–Crippen MR) is 271 cm³/mol. The van der Waals surface area contributed by atoms with E-state index in [4.69, 9.17) is 15.0 Å². The lowest BCUT2D eigenvalue weighted by Gasteiger charge is -2.21. The van der Waals surface area contributed by atoms with Gasteiger partial charge in [0.2, 0.25) is 0 Å². The Morgan fingerprint density at radius 3 is 1.46 bits per heavy atom. The van der Waals surface area contributed by atoms with Crippen LogP contribution in [0.3, 0.4) is 0 Å². The number of nitrogens with zero attached hydrogens (tertiary/aromatic N) is 4. The third-order valence-corrected chi connectivity index (χ3v) is 13.0. The Hall–Kier alpha value is -8.73. The quantitative estimate of drug-likeness (QED) is 0.168. The maximum atomic E-state index is 5.48. The van der Waals surface area contributed by atoms with Gasteiger partial charge in [-0.3, -0.25) is 0 Å². The van der Waals surface area contributed by atoms with Gasteiger partial charge in [0.1, 0.15) is 0 Å². The van der Waals surface area contributed by atoms with Crippen LogP contribution in [0.25, 0.3) is 127 Å². The van der Waals surface area contributed by atoms with Gasteiger partial charge in [0.25, 0.3) is 0 Å². The molecular formula is C61H38N4. The molecule has 0 saturated heterocycles. The third-order valence-electron chi connectivity index (χ3n) is 13.0. The molecule has 0 aliphatic carbocycles. The summed E-state index contributed by atoms with van der Waals surface area (Å²) in [5, 5.41) is 11.9. The van der Waals surface area contributed by atoms with Crippen molar-refractivity contribution in [3.8, 4) is 62.1 Å². The molecule has 4 nitrogen and oxygen atoms in total. The summed E-state index contributed by atoms with van der Waals surface area (Å²) in [5.41, 5.74) is 10.5. The number of fused-ring (bicyclic) bond motifs is 8. The lowest BCUT2D eigenvalue weighted by molar-refractivity contribution is 1.08. The van der Waals surface area contributed by atoms with E-state index in [2.05, 4.69) is 217 Å². The van der Waals surface area contributed by atoms with Crippen molar-refractivity contribution in [1.82, 2.24) is 19.5 Å². The number of aromatic nitrogens is 4. The molecule has 0 aliphatic rings. The van der Waals surface area contributed by atoms with Crippen LogP contribution < -0.4 is 0 Å². The van der Waals surface area contributed by atoms with E-state index in [0.717, 1.165) is 77.2 Å². The largest absolute Gasteiger partial charge is 0.309 e. The first kappa shape index (κ1) is 36.9. The zero-order valence-electron chi connectivity index (χ0n) is 35.2. The minimum Gasteiger partial charge on any atom is -0.309 e. The zero-order valence-corrected chi connectivity index (χ0v) is 35.2. The molecule has 0 saturated carbocycles. The van der Waals surface area contributed by atoms with E-state index < -0.39 is 0 Å². The Labute approximate surface area is 375 Å². The van der Waals surface area contributed by atoms with E-state index >= 15 is 0 Å². The molecule has 13 rings (SSSR count). The van der Waals surface area contributed by atoms with E-state index in [1.54, 1.807) is 0 Å². The number of hydrogen-bond acceptors (Lipinski definition) is 3. The molecule has 13 aromatic rings. The van der Waals surface area contributed by atoms with E-state index in [1.807, 2.05) is 18.2 Å². The summed E-state index contributed by atoms with van der Waals surface area (Å²) in [4.78, 5) is 16.1. The Balaban J connectivity index is 1.19. The fourth-order valence-corrected chi connectivity index (χ4v) is 9.98. The van der Waals surface area contributed by atoms with Gasteiger partial charge in [-0.2, -0.15) is 0 Å². The van der Waals surface area contributed by atoms with Crippen LogP contribution in [-0.4, -0.2) is 19.5 Å². The summed E-state index contributed by atoms with van der Waals surface area (Å²) < 4.78 is 2.49. The monoisotopic (exact) mass is 826 g/mol. The lowest BCUT2D eigenvalue weighted by Crippen LogP contribution is -2.04. The lowest BCUT2D eigenvalue weighted by atomic mass is 9.90. The molecule has 0 unspecified atom stereocenters. The van der Waals surface area contributed by atoms with Crippen molar-refractivity contribution in [3.63, 3.8) is 0 Å². The minimum absolute atomic E-state index is 0.604. The average molecular weight is 827 g/mol. The standard InChI is InChI=1S/C61H38N4/c1-3-17-41(18-4-1)51-37-53(61-63-59(43-22-5-2-6-23-43)62-60(64-61)50-32-16-27-40-20-10-13-29-47(40)50)52(49-31-15-26-39-19-9-12-28-46(39)49)38-57(51)65-55-34-33-42-21-11-14-30-48(42)58(55)54-35-44-24-7-8-25-45(44)36-56(54)65/h1-38H. The van der Waals surface area contributed by atoms with Gasteiger partial charge in [-0.05, 0) is 90.1 Å². The Morgan fingerprint density at radius 2 is 0.769 bits per heavy atom. The molecule has 2 heterocycles. The van der Waals surface area contributed by atoms with Gasteiger partial charge in [-0.1, -0.05) is 200 Å². The molecule has 0 N–H and O–H groups in total. The molecule has 0 radical (unpaired) electrons. The van der Waals surface area contributed by atoms with Crippen molar-refractivity contribution in [3.05, 3.63) is 231 Å². The first-order valence-corrected chi connectivity index (χ1v) is 22.1. The first-order chi connectivity index (χ1) is 32.2. The Morgan fingerprint density at radius 1 is 0.262 bits per heavy atom. The number of hydrogen-bond donors (Lipinski definition) is 0. The van der Waals surface area contributed by atoms with Gasteiger partial charge in [0, 0.05) is 33.0 Å². The van der Waals surface area contributed by atoms with E-state index in [9.17, 15) is 0 Å². The molecule has 302 valence electrons. The SMILES string of the molecule is c1ccc(-c2nc(-c3cc(-c4ccccc4)c(-n4c5cc6ccccc6cc5c5c6ccccc6ccc54)cc3-c3cccc4ccccc34)nc(-c3cccc4ccccc34)n2)cc1. The van der Waals surface area contributed by atoms with Gasteiger partial charge >= 0.3 is 0 Å². The average Bonchev–Trinajstić information content (AvgIpc) is 3.71. The maximum absolute atomic E-state index is 5.48. The van der Waals surface area contributed by atoms with Crippen molar-refractivity contribution in [2.45, 2.75) is 0 Å². The van der Waals surface area contributed by atoms with Crippen molar-refractivity contribution < 1.29 is 0 Å². The van der Waals surface area contributed by atoms with Crippen LogP contribution in [0.1, 0.15) is 0 Å². The van der Waals surface area contributed by atoms with Gasteiger partial charge < -0.3 is 4.57 Å². The third kappa shape index (κ3) is 6.11. The fraction of sp³-hybridized carbons (Fsp3) is 0. The highest BCUT2D eigenvalue weighted by atomic mass is 15.0. The van der Waals surface area contributed by atoms with E-state index in [0.29, 0.717) is 17.5 Å². The van der Waals surface area contributed by atoms with E-state index in [-0.39, 0.29) is 0 Å². The van der Waals surface area contributed by atoms with Crippen LogP contribution in [0.4, 0.5) is 0 Å².